The number of carbonyl (C=O) groups is 1. The van der Waals surface area contributed by atoms with E-state index in [2.05, 4.69) is 0 Å². The average molecular weight is 243 g/mol. The fourth-order valence-corrected chi connectivity index (χ4v) is 4.06. The van der Waals surface area contributed by atoms with Gasteiger partial charge in [0, 0.05) is 9.77 Å². The minimum atomic E-state index is -0.276. The van der Waals surface area contributed by atoms with Crippen LogP contribution in [-0.4, -0.2) is 18.3 Å². The van der Waals surface area contributed by atoms with E-state index in [0.717, 1.165) is 17.1 Å². The maximum Gasteiger partial charge on any atom is 0.342 e. The fourth-order valence-electron chi connectivity index (χ4n) is 1.60. The lowest BCUT2D eigenvalue weighted by atomic mass is 10.2. The van der Waals surface area contributed by atoms with Crippen molar-refractivity contribution in [3.8, 4) is 0 Å². The van der Waals surface area contributed by atoms with Crippen molar-refractivity contribution in [3.63, 3.8) is 0 Å². The van der Waals surface area contributed by atoms with Crippen molar-refractivity contribution in [1.82, 2.24) is 0 Å². The summed E-state index contributed by atoms with van der Waals surface area (Å²) in [7, 11) is 0. The van der Waals surface area contributed by atoms with Crippen molar-refractivity contribution in [2.75, 3.05) is 18.1 Å². The molecule has 0 aromatic carbocycles. The molecule has 0 aliphatic carbocycles. The van der Waals surface area contributed by atoms with Gasteiger partial charge in [0.15, 0.2) is 0 Å². The molecule has 0 fully saturated rings. The van der Waals surface area contributed by atoms with Crippen LogP contribution in [0.25, 0.3) is 0 Å². The van der Waals surface area contributed by atoms with Gasteiger partial charge < -0.3 is 10.5 Å². The molecule has 2 rings (SSSR count). The Morgan fingerprint density at radius 3 is 3.13 bits per heavy atom. The number of thiophene rings is 1. The second-order valence-electron chi connectivity index (χ2n) is 3.27. The van der Waals surface area contributed by atoms with Gasteiger partial charge in [0.05, 0.1) is 6.61 Å². The van der Waals surface area contributed by atoms with Crippen LogP contribution in [0.5, 0.6) is 0 Å². The number of thioether (sulfide) groups is 1. The number of hydrogen-bond acceptors (Lipinski definition) is 5. The Labute approximate surface area is 97.0 Å². The van der Waals surface area contributed by atoms with Crippen molar-refractivity contribution in [2.24, 2.45) is 0 Å². The molecule has 0 saturated carbocycles. The number of carbonyl (C=O) groups excluding carboxylic acids is 1. The number of aryl methyl sites for hydroxylation is 1. The molecule has 0 amide bonds. The lowest BCUT2D eigenvalue weighted by Crippen LogP contribution is -2.08. The molecule has 0 unspecified atom stereocenters. The zero-order chi connectivity index (χ0) is 10.8. The minimum absolute atomic E-state index is 0.276. The quantitative estimate of drug-likeness (QED) is 0.811. The molecule has 1 aliphatic rings. The maximum absolute atomic E-state index is 11.7. The van der Waals surface area contributed by atoms with Crippen molar-refractivity contribution in [1.29, 1.82) is 0 Å². The van der Waals surface area contributed by atoms with Gasteiger partial charge in [0.2, 0.25) is 0 Å². The van der Waals surface area contributed by atoms with Crippen LogP contribution in [0.15, 0.2) is 4.90 Å². The topological polar surface area (TPSA) is 52.3 Å². The van der Waals surface area contributed by atoms with Crippen LogP contribution in [0, 0.1) is 0 Å². The predicted octanol–water partition coefficient (Wildman–Crippen LogP) is 2.55. The van der Waals surface area contributed by atoms with E-state index in [1.54, 1.807) is 18.7 Å². The SMILES string of the molecule is CCOC(=O)c1c(N)sc2c1SCCC2. The molecule has 2 N–H and O–H groups in total. The molecule has 82 valence electrons. The molecule has 0 spiro atoms. The maximum atomic E-state index is 11.7. The molecule has 1 aliphatic heterocycles. The van der Waals surface area contributed by atoms with Crippen molar-refractivity contribution >= 4 is 34.1 Å². The number of hydrogen-bond donors (Lipinski definition) is 1. The molecule has 0 saturated heterocycles. The van der Waals surface area contributed by atoms with E-state index in [9.17, 15) is 4.79 Å². The lowest BCUT2D eigenvalue weighted by molar-refractivity contribution is 0.0524. The minimum Gasteiger partial charge on any atom is -0.462 e. The summed E-state index contributed by atoms with van der Waals surface area (Å²) in [5.41, 5.74) is 6.46. The molecule has 0 atom stereocenters. The first-order valence-electron chi connectivity index (χ1n) is 4.95. The van der Waals surface area contributed by atoms with Gasteiger partial charge in [-0.3, -0.25) is 0 Å². The third kappa shape index (κ3) is 1.99. The lowest BCUT2D eigenvalue weighted by Gasteiger charge is -2.11. The van der Waals surface area contributed by atoms with Crippen LogP contribution >= 0.6 is 23.1 Å². The predicted molar refractivity (Wildman–Crippen MR) is 63.7 cm³/mol. The summed E-state index contributed by atoms with van der Waals surface area (Å²) in [6, 6.07) is 0. The Morgan fingerprint density at radius 2 is 2.40 bits per heavy atom. The molecule has 1 aromatic heterocycles. The Kier molecular flexibility index (Phi) is 3.21. The summed E-state index contributed by atoms with van der Waals surface area (Å²) in [5, 5.41) is 0.604. The van der Waals surface area contributed by atoms with Crippen LogP contribution in [0.3, 0.4) is 0 Å². The second kappa shape index (κ2) is 4.45. The van der Waals surface area contributed by atoms with Crippen LogP contribution in [0.1, 0.15) is 28.6 Å². The number of nitrogen functional groups attached to an aromatic ring is 1. The molecule has 2 heterocycles. The number of esters is 1. The number of fused-ring (bicyclic) bond motifs is 1. The Hall–Kier alpha value is -0.680. The van der Waals surface area contributed by atoms with Gasteiger partial charge in [-0.2, -0.15) is 0 Å². The van der Waals surface area contributed by atoms with Crippen molar-refractivity contribution in [2.45, 2.75) is 24.7 Å². The zero-order valence-corrected chi connectivity index (χ0v) is 10.2. The van der Waals surface area contributed by atoms with Crippen LogP contribution in [0.2, 0.25) is 0 Å². The molecule has 0 bridgehead atoms. The second-order valence-corrected chi connectivity index (χ2v) is 5.51. The van der Waals surface area contributed by atoms with Gasteiger partial charge in [-0.05, 0) is 25.5 Å². The van der Waals surface area contributed by atoms with Crippen LogP contribution in [0.4, 0.5) is 5.00 Å². The first kappa shape index (κ1) is 10.8. The highest BCUT2D eigenvalue weighted by Gasteiger charge is 2.25. The highest BCUT2D eigenvalue weighted by atomic mass is 32.2. The molecule has 0 radical (unpaired) electrons. The third-order valence-electron chi connectivity index (χ3n) is 2.23. The highest BCUT2D eigenvalue weighted by Crippen LogP contribution is 2.42. The summed E-state index contributed by atoms with van der Waals surface area (Å²) in [6.07, 6.45) is 2.20. The Bertz CT molecular complexity index is 387. The summed E-state index contributed by atoms with van der Waals surface area (Å²) in [4.78, 5) is 14.0. The molecule has 1 aromatic rings. The highest BCUT2D eigenvalue weighted by molar-refractivity contribution is 7.99. The smallest absolute Gasteiger partial charge is 0.342 e. The van der Waals surface area contributed by atoms with E-state index in [0.29, 0.717) is 17.2 Å². The summed E-state index contributed by atoms with van der Waals surface area (Å²) in [5.74, 6) is 0.789. The van der Waals surface area contributed by atoms with Gasteiger partial charge >= 0.3 is 5.97 Å². The fraction of sp³-hybridized carbons (Fsp3) is 0.500. The van der Waals surface area contributed by atoms with E-state index in [-0.39, 0.29) is 5.97 Å². The normalized spacial score (nSPS) is 14.7. The molecular formula is C10H13NO2S2. The summed E-state index contributed by atoms with van der Waals surface area (Å²) < 4.78 is 5.01. The van der Waals surface area contributed by atoms with E-state index >= 15 is 0 Å². The standard InChI is InChI=1S/C10H13NO2S2/c1-2-13-10(12)7-8-6(15-9(7)11)4-3-5-14-8/h2-5,11H2,1H3. The van der Waals surface area contributed by atoms with Gasteiger partial charge in [0.25, 0.3) is 0 Å². The van der Waals surface area contributed by atoms with Crippen LogP contribution < -0.4 is 5.73 Å². The Morgan fingerprint density at radius 1 is 1.60 bits per heavy atom. The van der Waals surface area contributed by atoms with Crippen molar-refractivity contribution < 1.29 is 9.53 Å². The largest absolute Gasteiger partial charge is 0.462 e. The van der Waals surface area contributed by atoms with E-state index < -0.39 is 0 Å². The summed E-state index contributed by atoms with van der Waals surface area (Å²) >= 11 is 3.25. The zero-order valence-electron chi connectivity index (χ0n) is 8.54. The van der Waals surface area contributed by atoms with Gasteiger partial charge in [0.1, 0.15) is 10.6 Å². The monoisotopic (exact) mass is 243 g/mol. The Balaban J connectivity index is 2.37. The number of nitrogens with two attached hydrogens (primary N) is 1. The number of ether oxygens (including phenoxy) is 1. The van der Waals surface area contributed by atoms with Gasteiger partial charge in [-0.15, -0.1) is 23.1 Å². The first-order valence-corrected chi connectivity index (χ1v) is 6.75. The van der Waals surface area contributed by atoms with Gasteiger partial charge in [-0.25, -0.2) is 4.79 Å². The van der Waals surface area contributed by atoms with E-state index in [1.165, 1.54) is 22.6 Å². The van der Waals surface area contributed by atoms with Gasteiger partial charge in [-0.1, -0.05) is 0 Å². The summed E-state index contributed by atoms with van der Waals surface area (Å²) in [6.45, 7) is 2.20. The van der Waals surface area contributed by atoms with Crippen molar-refractivity contribution in [3.05, 3.63) is 10.4 Å². The number of anilines is 1. The molecular weight excluding hydrogens is 230 g/mol. The molecule has 3 nitrogen and oxygen atoms in total. The molecule has 5 heteroatoms. The third-order valence-corrected chi connectivity index (χ3v) is 4.67. The van der Waals surface area contributed by atoms with E-state index in [1.807, 2.05) is 0 Å². The average Bonchev–Trinajstić information content (AvgIpc) is 2.54. The van der Waals surface area contributed by atoms with Crippen LogP contribution in [-0.2, 0) is 11.2 Å². The first-order chi connectivity index (χ1) is 7.24. The molecule has 15 heavy (non-hydrogen) atoms. The number of rotatable bonds is 2. The van der Waals surface area contributed by atoms with E-state index in [4.69, 9.17) is 10.5 Å².